The summed E-state index contributed by atoms with van der Waals surface area (Å²) in [5, 5.41) is 12.8. The van der Waals surface area contributed by atoms with Gasteiger partial charge in [0.15, 0.2) is 0 Å². The molecule has 0 radical (unpaired) electrons. The predicted octanol–water partition coefficient (Wildman–Crippen LogP) is 15.4. The third-order valence-electron chi connectivity index (χ3n) is 13.1. The number of para-hydroxylation sites is 3. The van der Waals surface area contributed by atoms with E-state index in [9.17, 15) is 0 Å². The molecule has 0 aliphatic heterocycles. The number of aromatic nitrogens is 4. The molecule has 0 spiro atoms. The Morgan fingerprint density at radius 1 is 0.333 bits per heavy atom. The van der Waals surface area contributed by atoms with Crippen LogP contribution in [0.25, 0.3) is 132 Å². The molecule has 0 atom stereocenters. The third kappa shape index (κ3) is 4.99. The van der Waals surface area contributed by atoms with Crippen LogP contribution >= 0.6 is 0 Å². The summed E-state index contributed by atoms with van der Waals surface area (Å²) in [5.74, 6) is 0.623. The molecule has 63 heavy (non-hydrogen) atoms. The van der Waals surface area contributed by atoms with Crippen molar-refractivity contribution in [1.29, 1.82) is 0 Å². The summed E-state index contributed by atoms with van der Waals surface area (Å²) in [6, 6.07) is 73.7. The minimum Gasteiger partial charge on any atom is -0.456 e. The molecule has 0 amide bonds. The van der Waals surface area contributed by atoms with Crippen LogP contribution in [0.1, 0.15) is 0 Å². The number of furan rings is 1. The molecular formula is C58H34N4O. The maximum atomic E-state index is 6.56. The van der Waals surface area contributed by atoms with Gasteiger partial charge in [-0.25, -0.2) is 9.97 Å². The topological polar surface area (TPSA) is 48.8 Å². The highest BCUT2D eigenvalue weighted by molar-refractivity contribution is 6.22. The molecule has 10 aromatic carbocycles. The molecule has 0 saturated carbocycles. The van der Waals surface area contributed by atoms with Crippen molar-refractivity contribution < 1.29 is 4.42 Å². The molecule has 0 fully saturated rings. The fourth-order valence-corrected chi connectivity index (χ4v) is 10.3. The highest BCUT2D eigenvalue weighted by atomic mass is 16.3. The van der Waals surface area contributed by atoms with Crippen molar-refractivity contribution >= 4 is 98.0 Å². The van der Waals surface area contributed by atoms with Crippen molar-refractivity contribution in [2.75, 3.05) is 0 Å². The van der Waals surface area contributed by atoms with Gasteiger partial charge in [-0.2, -0.15) is 0 Å². The molecule has 14 rings (SSSR count). The fraction of sp³-hybridized carbons (Fsp3) is 0. The first-order valence-corrected chi connectivity index (χ1v) is 21.4. The Labute approximate surface area is 360 Å². The van der Waals surface area contributed by atoms with E-state index >= 15 is 0 Å². The number of hydrogen-bond donors (Lipinski definition) is 0. The smallest absolute Gasteiger partial charge is 0.235 e. The Morgan fingerprint density at radius 3 is 1.75 bits per heavy atom. The Hall–Kier alpha value is -8.54. The summed E-state index contributed by atoms with van der Waals surface area (Å²) in [6.07, 6.45) is 0. The second-order valence-electron chi connectivity index (χ2n) is 16.5. The van der Waals surface area contributed by atoms with Gasteiger partial charge in [0, 0.05) is 49.0 Å². The Balaban J connectivity index is 0.987. The Bertz CT molecular complexity index is 4210. The van der Waals surface area contributed by atoms with Crippen LogP contribution in [0.4, 0.5) is 0 Å². The van der Waals surface area contributed by atoms with Gasteiger partial charge in [-0.1, -0.05) is 133 Å². The largest absolute Gasteiger partial charge is 0.456 e. The minimum absolute atomic E-state index is 0.623. The molecule has 0 aliphatic rings. The molecule has 5 nitrogen and oxygen atoms in total. The zero-order valence-electron chi connectivity index (χ0n) is 33.8. The van der Waals surface area contributed by atoms with E-state index < -0.39 is 0 Å². The average Bonchev–Trinajstić information content (AvgIpc) is 4.01. The van der Waals surface area contributed by atoms with Crippen LogP contribution in [0.3, 0.4) is 0 Å². The second kappa shape index (κ2) is 13.0. The molecule has 0 aliphatic carbocycles. The standard InChI is InChI=1S/C58H34N4O/c1-2-14-40(15-3-1)61-49-21-11-9-18-43(49)46-32-37(24-28-50(46)61)38-25-29-51-47(33-38)55-41-16-6-4-12-35(41)23-30-52(55)62(51)58-59-48-20-10-8-19-44(48)57(60-58)39-22-27-45-54(34-39)63-53-31-26-36-13-5-7-17-42(36)56(45)53/h1-34H. The van der Waals surface area contributed by atoms with Crippen molar-refractivity contribution in [1.82, 2.24) is 19.1 Å². The lowest BCUT2D eigenvalue weighted by Crippen LogP contribution is -2.03. The average molecular weight is 803 g/mol. The first-order chi connectivity index (χ1) is 31.2. The Morgan fingerprint density at radius 2 is 0.937 bits per heavy atom. The molecule has 5 heteroatoms. The molecule has 0 N–H and O–H groups in total. The van der Waals surface area contributed by atoms with Crippen molar-refractivity contribution in [2.24, 2.45) is 0 Å². The molecule has 0 saturated heterocycles. The summed E-state index contributed by atoms with van der Waals surface area (Å²) >= 11 is 0. The highest BCUT2D eigenvalue weighted by Gasteiger charge is 2.21. The number of fused-ring (bicyclic) bond motifs is 14. The SMILES string of the molecule is c1ccc(-n2c3ccccc3c3cc(-c4ccc5c(c4)c4c6ccccc6ccc4n5-c4nc(-c5ccc6c(c5)oc5ccc7ccccc7c56)c5ccccc5n4)ccc32)cc1. The number of rotatable bonds is 4. The molecular weight excluding hydrogens is 769 g/mol. The van der Waals surface area contributed by atoms with Crippen molar-refractivity contribution in [3.63, 3.8) is 0 Å². The van der Waals surface area contributed by atoms with E-state index in [1.165, 1.54) is 54.3 Å². The summed E-state index contributed by atoms with van der Waals surface area (Å²) in [4.78, 5) is 10.8. The summed E-state index contributed by atoms with van der Waals surface area (Å²) in [7, 11) is 0. The summed E-state index contributed by atoms with van der Waals surface area (Å²) < 4.78 is 11.2. The van der Waals surface area contributed by atoms with Crippen LogP contribution in [-0.2, 0) is 0 Å². The van der Waals surface area contributed by atoms with Crippen LogP contribution < -0.4 is 0 Å². The zero-order chi connectivity index (χ0) is 41.2. The monoisotopic (exact) mass is 802 g/mol. The van der Waals surface area contributed by atoms with E-state index in [1.807, 2.05) is 0 Å². The zero-order valence-corrected chi connectivity index (χ0v) is 33.8. The highest BCUT2D eigenvalue weighted by Crippen LogP contribution is 2.42. The van der Waals surface area contributed by atoms with Crippen molar-refractivity contribution in [3.05, 3.63) is 206 Å². The van der Waals surface area contributed by atoms with E-state index in [4.69, 9.17) is 14.4 Å². The fourth-order valence-electron chi connectivity index (χ4n) is 10.3. The van der Waals surface area contributed by atoms with Crippen molar-refractivity contribution in [2.45, 2.75) is 0 Å². The van der Waals surface area contributed by atoms with Gasteiger partial charge in [-0.3, -0.25) is 4.57 Å². The molecule has 14 aromatic rings. The van der Waals surface area contributed by atoms with Crippen molar-refractivity contribution in [3.8, 4) is 34.0 Å². The normalized spacial score (nSPS) is 12.1. The quantitative estimate of drug-likeness (QED) is 0.178. The lowest BCUT2D eigenvalue weighted by molar-refractivity contribution is 0.669. The minimum atomic E-state index is 0.623. The number of hydrogen-bond acceptors (Lipinski definition) is 3. The van der Waals surface area contributed by atoms with Gasteiger partial charge in [0.1, 0.15) is 11.2 Å². The van der Waals surface area contributed by atoms with Gasteiger partial charge in [0.25, 0.3) is 0 Å². The van der Waals surface area contributed by atoms with E-state index in [-0.39, 0.29) is 0 Å². The van der Waals surface area contributed by atoms with Gasteiger partial charge in [-0.05, 0) is 105 Å². The lowest BCUT2D eigenvalue weighted by Gasteiger charge is -2.12. The van der Waals surface area contributed by atoms with Gasteiger partial charge in [-0.15, -0.1) is 0 Å². The first kappa shape index (κ1) is 34.2. The van der Waals surface area contributed by atoms with E-state index in [1.54, 1.807) is 0 Å². The van der Waals surface area contributed by atoms with Gasteiger partial charge in [0.2, 0.25) is 5.95 Å². The first-order valence-electron chi connectivity index (χ1n) is 21.4. The molecule has 0 bridgehead atoms. The van der Waals surface area contributed by atoms with Gasteiger partial charge >= 0.3 is 0 Å². The van der Waals surface area contributed by atoms with Crippen LogP contribution in [0.15, 0.2) is 211 Å². The lowest BCUT2D eigenvalue weighted by atomic mass is 9.99. The molecule has 292 valence electrons. The second-order valence-corrected chi connectivity index (χ2v) is 16.5. The van der Waals surface area contributed by atoms with Crippen LogP contribution in [0, 0.1) is 0 Å². The maximum Gasteiger partial charge on any atom is 0.235 e. The van der Waals surface area contributed by atoms with Crippen LogP contribution in [0.5, 0.6) is 0 Å². The summed E-state index contributed by atoms with van der Waals surface area (Å²) in [5.41, 5.74) is 12.4. The van der Waals surface area contributed by atoms with E-state index in [0.717, 1.165) is 71.8 Å². The van der Waals surface area contributed by atoms with Gasteiger partial charge in [0.05, 0.1) is 33.3 Å². The molecule has 4 heterocycles. The third-order valence-corrected chi connectivity index (χ3v) is 13.1. The van der Waals surface area contributed by atoms with Crippen LogP contribution in [0.2, 0.25) is 0 Å². The summed E-state index contributed by atoms with van der Waals surface area (Å²) in [6.45, 7) is 0. The van der Waals surface area contributed by atoms with E-state index in [0.29, 0.717) is 5.95 Å². The number of nitrogens with zero attached hydrogens (tertiary/aromatic N) is 4. The predicted molar refractivity (Wildman–Crippen MR) is 261 cm³/mol. The number of benzene rings is 10. The van der Waals surface area contributed by atoms with E-state index in [2.05, 4.69) is 215 Å². The molecule has 4 aromatic heterocycles. The van der Waals surface area contributed by atoms with Gasteiger partial charge < -0.3 is 8.98 Å². The maximum absolute atomic E-state index is 6.56. The van der Waals surface area contributed by atoms with Crippen LogP contribution in [-0.4, -0.2) is 19.1 Å². The molecule has 0 unspecified atom stereocenters. The Kier molecular flexibility index (Phi) is 7.05.